The Morgan fingerprint density at radius 1 is 1.32 bits per heavy atom. The van der Waals surface area contributed by atoms with Gasteiger partial charge >= 0.3 is 0 Å². The first-order chi connectivity index (χ1) is 9.38. The zero-order valence-electron chi connectivity index (χ0n) is 10.9. The molecule has 0 bridgehead atoms. The van der Waals surface area contributed by atoms with Gasteiger partial charge in [0.1, 0.15) is 5.82 Å². The predicted molar refractivity (Wildman–Crippen MR) is 77.2 cm³/mol. The third-order valence-electron chi connectivity index (χ3n) is 3.05. The molecule has 0 atom stereocenters. The first-order valence-corrected chi connectivity index (χ1v) is 7.30. The van der Waals surface area contributed by atoms with E-state index in [0.29, 0.717) is 0 Å². The Hall–Kier alpha value is -1.88. The fourth-order valence-electron chi connectivity index (χ4n) is 2.16. The average Bonchev–Trinajstić information content (AvgIpc) is 3.12. The van der Waals surface area contributed by atoms with Gasteiger partial charge in [0, 0.05) is 25.1 Å². The van der Waals surface area contributed by atoms with Crippen LogP contribution in [0.3, 0.4) is 0 Å². The summed E-state index contributed by atoms with van der Waals surface area (Å²) in [7, 11) is 0. The molecule has 4 nitrogen and oxygen atoms in total. The molecule has 0 aliphatic carbocycles. The third-order valence-corrected chi connectivity index (χ3v) is 3.92. The van der Waals surface area contributed by atoms with Crippen LogP contribution in [0, 0.1) is 0 Å². The van der Waals surface area contributed by atoms with Gasteiger partial charge in [-0.3, -0.25) is 0 Å². The molecule has 98 valence electrons. The molecule has 3 aromatic heterocycles. The van der Waals surface area contributed by atoms with E-state index in [-0.39, 0.29) is 0 Å². The highest BCUT2D eigenvalue weighted by Gasteiger charge is 2.09. The summed E-state index contributed by atoms with van der Waals surface area (Å²) >= 11 is 1.72. The summed E-state index contributed by atoms with van der Waals surface area (Å²) < 4.78 is 4.38. The maximum absolute atomic E-state index is 4.46. The molecule has 3 rings (SSSR count). The fourth-order valence-corrected chi connectivity index (χ4v) is 2.90. The van der Waals surface area contributed by atoms with Crippen molar-refractivity contribution in [2.45, 2.75) is 26.4 Å². The molecule has 0 aliphatic heterocycles. The molecule has 0 saturated carbocycles. The Balaban J connectivity index is 1.88. The summed E-state index contributed by atoms with van der Waals surface area (Å²) in [6.45, 7) is 4.00. The summed E-state index contributed by atoms with van der Waals surface area (Å²) in [4.78, 5) is 9.90. The van der Waals surface area contributed by atoms with Gasteiger partial charge in [0.25, 0.3) is 0 Å². The highest BCUT2D eigenvalue weighted by molar-refractivity contribution is 7.13. The quantitative estimate of drug-likeness (QED) is 0.714. The van der Waals surface area contributed by atoms with Gasteiger partial charge in [-0.1, -0.05) is 13.0 Å². The topological polar surface area (TPSA) is 35.6 Å². The lowest BCUT2D eigenvalue weighted by molar-refractivity contribution is 0.625. The molecule has 0 fully saturated rings. The van der Waals surface area contributed by atoms with Crippen molar-refractivity contribution in [1.29, 1.82) is 0 Å². The first kappa shape index (κ1) is 12.2. The average molecular weight is 272 g/mol. The molecule has 3 heterocycles. The lowest BCUT2D eigenvalue weighted by Gasteiger charge is -2.09. The summed E-state index contributed by atoms with van der Waals surface area (Å²) in [5.74, 6) is 1.03. The van der Waals surface area contributed by atoms with E-state index in [2.05, 4.69) is 43.5 Å². The number of aryl methyl sites for hydroxylation is 1. The lowest BCUT2D eigenvalue weighted by Crippen LogP contribution is -2.07. The van der Waals surface area contributed by atoms with Crippen LogP contribution in [0.1, 0.15) is 19.0 Å². The standard InChI is InChI=1S/C14H16N4S/c1-2-6-18-11-15-9-12(18)10-17-7-5-16-14(17)13-4-3-8-19-13/h3-5,7-9,11H,2,6,10H2,1H3. The van der Waals surface area contributed by atoms with Gasteiger partial charge in [0.05, 0.1) is 23.4 Å². The van der Waals surface area contributed by atoms with Crippen molar-refractivity contribution in [3.8, 4) is 10.7 Å². The molecule has 0 saturated heterocycles. The van der Waals surface area contributed by atoms with Gasteiger partial charge < -0.3 is 9.13 Å². The smallest absolute Gasteiger partial charge is 0.150 e. The van der Waals surface area contributed by atoms with E-state index in [0.717, 1.165) is 25.3 Å². The van der Waals surface area contributed by atoms with Crippen LogP contribution >= 0.6 is 11.3 Å². The largest absolute Gasteiger partial charge is 0.333 e. The van der Waals surface area contributed by atoms with Crippen LogP contribution in [0.4, 0.5) is 0 Å². The zero-order chi connectivity index (χ0) is 13.1. The van der Waals surface area contributed by atoms with E-state index in [1.165, 1.54) is 10.6 Å². The third kappa shape index (κ3) is 2.46. The molecule has 0 aromatic carbocycles. The molecule has 0 amide bonds. The van der Waals surface area contributed by atoms with Gasteiger partial charge in [-0.2, -0.15) is 0 Å². The Morgan fingerprint density at radius 3 is 3.05 bits per heavy atom. The van der Waals surface area contributed by atoms with Crippen LogP contribution < -0.4 is 0 Å². The van der Waals surface area contributed by atoms with Gasteiger partial charge in [0.2, 0.25) is 0 Å². The van der Waals surface area contributed by atoms with Crippen molar-refractivity contribution in [3.63, 3.8) is 0 Å². The van der Waals surface area contributed by atoms with Crippen molar-refractivity contribution in [2.24, 2.45) is 0 Å². The molecular weight excluding hydrogens is 256 g/mol. The second kappa shape index (κ2) is 5.40. The normalized spacial score (nSPS) is 11.0. The number of aromatic nitrogens is 4. The van der Waals surface area contributed by atoms with Crippen molar-refractivity contribution < 1.29 is 0 Å². The molecule has 0 radical (unpaired) electrons. The highest BCUT2D eigenvalue weighted by atomic mass is 32.1. The monoisotopic (exact) mass is 272 g/mol. The minimum absolute atomic E-state index is 0.813. The van der Waals surface area contributed by atoms with Crippen LogP contribution in [0.15, 0.2) is 42.4 Å². The van der Waals surface area contributed by atoms with Crippen LogP contribution in [-0.2, 0) is 13.1 Å². The lowest BCUT2D eigenvalue weighted by atomic mass is 10.4. The van der Waals surface area contributed by atoms with Crippen LogP contribution in [0.25, 0.3) is 10.7 Å². The fraction of sp³-hybridized carbons (Fsp3) is 0.286. The minimum atomic E-state index is 0.813. The molecule has 5 heteroatoms. The Kier molecular flexibility index (Phi) is 3.46. The van der Waals surface area contributed by atoms with E-state index >= 15 is 0 Å². The van der Waals surface area contributed by atoms with Gasteiger partial charge in [-0.25, -0.2) is 9.97 Å². The van der Waals surface area contributed by atoms with E-state index in [4.69, 9.17) is 0 Å². The Morgan fingerprint density at radius 2 is 2.26 bits per heavy atom. The SMILES string of the molecule is CCCn1cncc1Cn1ccnc1-c1cccs1. The van der Waals surface area contributed by atoms with Crippen molar-refractivity contribution in [3.05, 3.63) is 48.1 Å². The number of hydrogen-bond acceptors (Lipinski definition) is 3. The predicted octanol–water partition coefficient (Wildman–Crippen LogP) is 3.27. The summed E-state index contributed by atoms with van der Waals surface area (Å²) in [5.41, 5.74) is 1.22. The van der Waals surface area contributed by atoms with E-state index in [9.17, 15) is 0 Å². The molecule has 0 aliphatic rings. The number of nitrogens with zero attached hydrogens (tertiary/aromatic N) is 4. The number of imidazole rings is 2. The van der Waals surface area contributed by atoms with Crippen LogP contribution in [0.2, 0.25) is 0 Å². The highest BCUT2D eigenvalue weighted by Crippen LogP contribution is 2.23. The van der Waals surface area contributed by atoms with Crippen molar-refractivity contribution in [1.82, 2.24) is 19.1 Å². The number of hydrogen-bond donors (Lipinski definition) is 0. The Labute approximate surface area is 116 Å². The molecule has 0 unspecified atom stereocenters. The summed E-state index contributed by atoms with van der Waals surface area (Å²) in [6.07, 6.45) is 8.84. The Bertz CT molecular complexity index is 636. The van der Waals surface area contributed by atoms with Crippen LogP contribution in [0.5, 0.6) is 0 Å². The molecular formula is C14H16N4S. The molecule has 0 spiro atoms. The second-order valence-electron chi connectivity index (χ2n) is 4.43. The maximum Gasteiger partial charge on any atom is 0.150 e. The van der Waals surface area contributed by atoms with E-state index in [1.54, 1.807) is 11.3 Å². The van der Waals surface area contributed by atoms with Crippen molar-refractivity contribution in [2.75, 3.05) is 0 Å². The van der Waals surface area contributed by atoms with E-state index < -0.39 is 0 Å². The van der Waals surface area contributed by atoms with E-state index in [1.807, 2.05) is 24.9 Å². The molecule has 0 N–H and O–H groups in total. The van der Waals surface area contributed by atoms with Crippen molar-refractivity contribution >= 4 is 11.3 Å². The number of thiophene rings is 1. The zero-order valence-corrected chi connectivity index (χ0v) is 11.7. The summed E-state index contributed by atoms with van der Waals surface area (Å²) in [5, 5.41) is 2.08. The van der Waals surface area contributed by atoms with Crippen LogP contribution in [-0.4, -0.2) is 19.1 Å². The van der Waals surface area contributed by atoms with Gasteiger partial charge in [0.15, 0.2) is 0 Å². The maximum atomic E-state index is 4.46. The molecule has 19 heavy (non-hydrogen) atoms. The van der Waals surface area contributed by atoms with Gasteiger partial charge in [-0.05, 0) is 17.9 Å². The second-order valence-corrected chi connectivity index (χ2v) is 5.38. The number of rotatable bonds is 5. The summed E-state index contributed by atoms with van der Waals surface area (Å²) in [6, 6.07) is 4.16. The molecule has 3 aromatic rings. The van der Waals surface area contributed by atoms with Gasteiger partial charge in [-0.15, -0.1) is 11.3 Å². The first-order valence-electron chi connectivity index (χ1n) is 6.42. The minimum Gasteiger partial charge on any atom is -0.333 e.